The van der Waals surface area contributed by atoms with Crippen molar-refractivity contribution in [1.29, 1.82) is 0 Å². The molecule has 0 aliphatic carbocycles. The fourth-order valence-corrected chi connectivity index (χ4v) is 1.07. The minimum absolute atomic E-state index is 0.0256. The van der Waals surface area contributed by atoms with Crippen molar-refractivity contribution in [2.24, 2.45) is 0 Å². The first kappa shape index (κ1) is 16.7. The Kier molecular flexibility index (Phi) is 5.07. The van der Waals surface area contributed by atoms with Crippen molar-refractivity contribution in [2.75, 3.05) is 36.1 Å². The van der Waals surface area contributed by atoms with E-state index in [1.165, 1.54) is 7.05 Å². The second-order valence-electron chi connectivity index (χ2n) is 3.67. The molecular weight excluding hydrogens is 299 g/mol. The summed E-state index contributed by atoms with van der Waals surface area (Å²) in [6.07, 6.45) is -0.654. The number of rotatable bonds is 6. The molecule has 21 heavy (non-hydrogen) atoms. The van der Waals surface area contributed by atoms with E-state index in [4.69, 9.17) is 6.42 Å². The number of anilines is 3. The average molecular weight is 310 g/mol. The molecule has 0 fully saturated rings. The monoisotopic (exact) mass is 310 g/mol. The Labute approximate surface area is 116 Å². The lowest BCUT2D eigenvalue weighted by molar-refractivity contribution is -0.275. The fourth-order valence-electron chi connectivity index (χ4n) is 1.07. The largest absolute Gasteiger partial charge is 0.455 e. The van der Waals surface area contributed by atoms with Crippen molar-refractivity contribution < 1.29 is 22.0 Å². The molecule has 0 saturated carbocycles. The van der Waals surface area contributed by atoms with Gasteiger partial charge in [-0.2, -0.15) is 36.9 Å². The Morgan fingerprint density at radius 3 is 2.00 bits per heavy atom. The predicted molar refractivity (Wildman–Crippen MR) is 66.2 cm³/mol. The summed E-state index contributed by atoms with van der Waals surface area (Å²) in [4.78, 5) is 11.0. The zero-order valence-electron chi connectivity index (χ0n) is 10.7. The van der Waals surface area contributed by atoms with Gasteiger partial charge in [0.2, 0.25) is 17.8 Å². The molecule has 0 saturated heterocycles. The van der Waals surface area contributed by atoms with Gasteiger partial charge in [0.15, 0.2) is 0 Å². The lowest BCUT2D eigenvalue weighted by atomic mass is 10.3. The molecule has 0 unspecified atom stereocenters. The van der Waals surface area contributed by atoms with E-state index in [2.05, 4.69) is 31.5 Å². The number of nitrogens with one attached hydrogen (secondary N) is 3. The van der Waals surface area contributed by atoms with E-state index >= 15 is 0 Å². The van der Waals surface area contributed by atoms with Crippen molar-refractivity contribution in [3.63, 3.8) is 0 Å². The first-order chi connectivity index (χ1) is 9.69. The van der Waals surface area contributed by atoms with Gasteiger partial charge in [-0.3, -0.25) is 0 Å². The van der Waals surface area contributed by atoms with Gasteiger partial charge in [0.05, 0.1) is 13.1 Å². The summed E-state index contributed by atoms with van der Waals surface area (Å²) in [7, 11) is 1.44. The molecule has 3 N–H and O–H groups in total. The highest BCUT2D eigenvalue weighted by atomic mass is 19.4. The van der Waals surface area contributed by atoms with Crippen LogP contribution in [0.25, 0.3) is 0 Å². The van der Waals surface area contributed by atoms with Gasteiger partial charge in [-0.1, -0.05) is 5.92 Å². The molecule has 0 atom stereocenters. The smallest absolute Gasteiger partial charge is 0.357 e. The minimum Gasteiger partial charge on any atom is -0.357 e. The lowest BCUT2D eigenvalue weighted by Crippen LogP contribution is -2.42. The van der Waals surface area contributed by atoms with E-state index in [0.717, 1.165) is 0 Å². The van der Waals surface area contributed by atoms with Gasteiger partial charge in [0, 0.05) is 7.05 Å². The second-order valence-corrected chi connectivity index (χ2v) is 3.67. The molecule has 0 aromatic carbocycles. The van der Waals surface area contributed by atoms with Gasteiger partial charge in [0.25, 0.3) is 0 Å². The number of aromatic nitrogens is 3. The van der Waals surface area contributed by atoms with Crippen LogP contribution in [0, 0.1) is 12.3 Å². The van der Waals surface area contributed by atoms with Crippen molar-refractivity contribution in [3.05, 3.63) is 0 Å². The summed E-state index contributed by atoms with van der Waals surface area (Å²) in [5.41, 5.74) is 0. The van der Waals surface area contributed by atoms with E-state index in [-0.39, 0.29) is 18.4 Å². The Morgan fingerprint density at radius 2 is 1.52 bits per heavy atom. The van der Waals surface area contributed by atoms with Crippen LogP contribution in [-0.2, 0) is 0 Å². The third-order valence-corrected chi connectivity index (χ3v) is 2.09. The number of terminal acetylenes is 1. The normalized spacial score (nSPS) is 11.7. The molecule has 0 aliphatic heterocycles. The van der Waals surface area contributed by atoms with Crippen molar-refractivity contribution in [1.82, 2.24) is 15.0 Å². The first-order valence-corrected chi connectivity index (χ1v) is 5.49. The Hall–Kier alpha value is -2.38. The zero-order valence-corrected chi connectivity index (χ0v) is 10.7. The van der Waals surface area contributed by atoms with Crippen LogP contribution in [0.15, 0.2) is 0 Å². The number of alkyl halides is 5. The van der Waals surface area contributed by atoms with E-state index in [0.29, 0.717) is 0 Å². The molecule has 11 heteroatoms. The number of hydrogen-bond donors (Lipinski definition) is 3. The number of nitrogens with zero attached hydrogens (tertiary/aromatic N) is 3. The van der Waals surface area contributed by atoms with Gasteiger partial charge in [0.1, 0.15) is 0 Å². The third-order valence-electron chi connectivity index (χ3n) is 2.09. The number of halogens is 5. The summed E-state index contributed by atoms with van der Waals surface area (Å²) in [6, 6.07) is 0. The highest BCUT2D eigenvalue weighted by molar-refractivity contribution is 5.42. The third kappa shape index (κ3) is 4.59. The molecule has 0 radical (unpaired) electrons. The molecule has 0 bridgehead atoms. The maximum absolute atomic E-state index is 12.8. The summed E-state index contributed by atoms with van der Waals surface area (Å²) >= 11 is 0. The second kappa shape index (κ2) is 6.38. The van der Waals surface area contributed by atoms with Gasteiger partial charge in [-0.25, -0.2) is 0 Å². The average Bonchev–Trinajstić information content (AvgIpc) is 2.41. The van der Waals surface area contributed by atoms with Gasteiger partial charge in [-0.15, -0.1) is 6.42 Å². The molecule has 1 aromatic rings. The molecule has 0 spiro atoms. The Bertz CT molecular complexity index is 524. The van der Waals surface area contributed by atoms with Crippen LogP contribution in [0.5, 0.6) is 0 Å². The summed E-state index contributed by atoms with van der Waals surface area (Å²) in [6.45, 7) is -1.65. The van der Waals surface area contributed by atoms with E-state index in [1.807, 2.05) is 5.32 Å². The molecule has 1 rings (SSSR count). The highest BCUT2D eigenvalue weighted by Gasteiger charge is 2.57. The van der Waals surface area contributed by atoms with E-state index < -0.39 is 24.6 Å². The van der Waals surface area contributed by atoms with E-state index in [9.17, 15) is 22.0 Å². The van der Waals surface area contributed by atoms with E-state index in [1.54, 1.807) is 0 Å². The topological polar surface area (TPSA) is 74.8 Å². The molecule has 116 valence electrons. The molecule has 0 aliphatic rings. The Morgan fingerprint density at radius 1 is 1.00 bits per heavy atom. The van der Waals surface area contributed by atoms with Gasteiger partial charge >= 0.3 is 12.1 Å². The molecule has 1 heterocycles. The maximum Gasteiger partial charge on any atom is 0.455 e. The van der Waals surface area contributed by atoms with Crippen LogP contribution < -0.4 is 16.0 Å². The Balaban J connectivity index is 2.86. The van der Waals surface area contributed by atoms with Gasteiger partial charge < -0.3 is 16.0 Å². The minimum atomic E-state index is -5.66. The maximum atomic E-state index is 12.8. The quantitative estimate of drug-likeness (QED) is 0.547. The molecule has 1 aromatic heterocycles. The summed E-state index contributed by atoms with van der Waals surface area (Å²) < 4.78 is 61.7. The number of hydrogen-bond acceptors (Lipinski definition) is 6. The van der Waals surface area contributed by atoms with Crippen molar-refractivity contribution in [2.45, 2.75) is 12.1 Å². The SMILES string of the molecule is C#CCNc1nc(NC)nc(NCC(F)(F)C(F)(F)F)n1. The standard InChI is InChI=1S/C10H11F5N6/c1-3-4-17-7-19-6(16-2)20-8(21-7)18-5-9(11,12)10(13,14)15/h1H,4-5H2,2H3,(H3,16,17,18,19,20,21). The highest BCUT2D eigenvalue weighted by Crippen LogP contribution is 2.35. The fraction of sp³-hybridized carbons (Fsp3) is 0.500. The molecular formula is C10H11F5N6. The van der Waals surface area contributed by atoms with Crippen molar-refractivity contribution in [3.8, 4) is 12.3 Å². The van der Waals surface area contributed by atoms with Crippen LogP contribution in [0.2, 0.25) is 0 Å². The van der Waals surface area contributed by atoms with Crippen LogP contribution in [0.3, 0.4) is 0 Å². The molecule has 6 nitrogen and oxygen atoms in total. The van der Waals surface area contributed by atoms with Crippen molar-refractivity contribution >= 4 is 17.8 Å². The van der Waals surface area contributed by atoms with Crippen LogP contribution >= 0.6 is 0 Å². The van der Waals surface area contributed by atoms with Crippen LogP contribution in [-0.4, -0.2) is 47.2 Å². The summed E-state index contributed by atoms with van der Waals surface area (Å²) in [5, 5.41) is 6.88. The predicted octanol–water partition coefficient (Wildman–Crippen LogP) is 1.57. The van der Waals surface area contributed by atoms with Crippen LogP contribution in [0.4, 0.5) is 39.8 Å². The first-order valence-electron chi connectivity index (χ1n) is 5.49. The lowest BCUT2D eigenvalue weighted by Gasteiger charge is -2.19. The zero-order chi connectivity index (χ0) is 16.1. The van der Waals surface area contributed by atoms with Gasteiger partial charge in [-0.05, 0) is 0 Å². The molecule has 0 amide bonds. The van der Waals surface area contributed by atoms with Crippen LogP contribution in [0.1, 0.15) is 0 Å². The summed E-state index contributed by atoms with van der Waals surface area (Å²) in [5.74, 6) is -3.22.